The van der Waals surface area contributed by atoms with Gasteiger partial charge in [-0.05, 0) is 61.1 Å². The van der Waals surface area contributed by atoms with Crippen molar-refractivity contribution in [3.8, 4) is 5.88 Å². The van der Waals surface area contributed by atoms with Crippen LogP contribution in [0.5, 0.6) is 5.88 Å². The summed E-state index contributed by atoms with van der Waals surface area (Å²) in [5.74, 6) is -4.30. The van der Waals surface area contributed by atoms with Gasteiger partial charge in [0, 0.05) is 29.5 Å². The van der Waals surface area contributed by atoms with Crippen LogP contribution in [0.15, 0.2) is 71.4 Å². The number of nitrogens with one attached hydrogen (secondary N) is 1. The van der Waals surface area contributed by atoms with Crippen LogP contribution in [0, 0.1) is 19.8 Å². The minimum atomic E-state index is -1.37. The number of aryl methyl sites for hydroxylation is 2. The fourth-order valence-corrected chi connectivity index (χ4v) is 6.30. The fraction of sp³-hybridized carbons (Fsp3) is 0.257. The molecule has 13 nitrogen and oxygen atoms in total. The number of nitrogens with two attached hydrogens (primary N) is 1. The van der Waals surface area contributed by atoms with E-state index in [0.717, 1.165) is 28.7 Å². The van der Waals surface area contributed by atoms with Gasteiger partial charge in [0.2, 0.25) is 11.8 Å². The molecular weight excluding hydrogens is 614 g/mol. The molecule has 4 aromatic rings. The summed E-state index contributed by atoms with van der Waals surface area (Å²) in [6.45, 7) is 4.20. The number of hydrogen-bond acceptors (Lipinski definition) is 10. The van der Waals surface area contributed by atoms with Crippen LogP contribution in [0.2, 0.25) is 0 Å². The summed E-state index contributed by atoms with van der Waals surface area (Å²) in [6, 6.07) is 11.3. The van der Waals surface area contributed by atoms with E-state index in [-0.39, 0.29) is 47.4 Å². The van der Waals surface area contributed by atoms with Gasteiger partial charge in [-0.25, -0.2) is 14.8 Å². The topological polar surface area (TPSA) is 214 Å². The van der Waals surface area contributed by atoms with Gasteiger partial charge in [-0.2, -0.15) is 9.97 Å². The first-order valence-corrected chi connectivity index (χ1v) is 15.3. The van der Waals surface area contributed by atoms with Gasteiger partial charge in [0.05, 0.1) is 18.4 Å². The highest BCUT2D eigenvalue weighted by Gasteiger charge is 2.35. The highest BCUT2D eigenvalue weighted by Crippen LogP contribution is 2.44. The number of fused-ring (bicyclic) bond motifs is 3. The molecule has 2 aromatic heterocycles. The van der Waals surface area contributed by atoms with Gasteiger partial charge in [0.1, 0.15) is 6.04 Å². The number of carbonyl (C=O) groups is 3. The Kier molecular flexibility index (Phi) is 8.68. The number of allylic oxidation sites excluding steroid dienone is 2. The van der Waals surface area contributed by atoms with Crippen LogP contribution in [-0.2, 0) is 27.3 Å². The quantitative estimate of drug-likeness (QED) is 0.177. The Bertz CT molecular complexity index is 2020. The Morgan fingerprint density at radius 1 is 1.00 bits per heavy atom. The maximum absolute atomic E-state index is 13.5. The number of carboxylic acid groups (broad SMARTS) is 2. The van der Waals surface area contributed by atoms with Gasteiger partial charge in [-0.15, -0.1) is 0 Å². The van der Waals surface area contributed by atoms with Crippen molar-refractivity contribution in [3.63, 3.8) is 0 Å². The zero-order chi connectivity index (χ0) is 34.1. The summed E-state index contributed by atoms with van der Waals surface area (Å²) < 4.78 is 0. The summed E-state index contributed by atoms with van der Waals surface area (Å²) >= 11 is 0. The van der Waals surface area contributed by atoms with Crippen LogP contribution in [-0.4, -0.2) is 64.9 Å². The first-order valence-electron chi connectivity index (χ1n) is 15.3. The average molecular weight is 648 g/mol. The van der Waals surface area contributed by atoms with E-state index in [9.17, 15) is 24.6 Å². The Morgan fingerprint density at radius 2 is 1.69 bits per heavy atom. The van der Waals surface area contributed by atoms with Crippen LogP contribution in [0.25, 0.3) is 11.2 Å². The maximum atomic E-state index is 13.5. The third kappa shape index (κ3) is 6.61. The summed E-state index contributed by atoms with van der Waals surface area (Å²) in [6.07, 6.45) is 6.68. The number of hydrogen-bond donors (Lipinski definition) is 5. The van der Waals surface area contributed by atoms with E-state index in [4.69, 9.17) is 15.8 Å². The molecule has 0 aliphatic heterocycles. The van der Waals surface area contributed by atoms with E-state index in [2.05, 4.69) is 61.7 Å². The molecule has 2 aromatic carbocycles. The van der Waals surface area contributed by atoms with Crippen molar-refractivity contribution >= 4 is 40.7 Å². The van der Waals surface area contributed by atoms with E-state index < -0.39 is 36.2 Å². The molecule has 0 spiro atoms. The van der Waals surface area contributed by atoms with Crippen LogP contribution in [0.3, 0.4) is 0 Å². The molecule has 0 radical (unpaired) electrons. The standard InChI is InChI=1S/C35H33N7O6/c1-17-3-6-23-20(11-17)13-21-12-18(2)4-7-24(21)29(23)25-14-19(32(45)40-27(34(47)48)9-10-28(43)44)5-8-26(25)37-15-22-16-38-30-31(39-22)41-35(36)42-33(30)46/h3-8,11-12,14,16,25,27,29H,9-10,13,15H2,1-2H3,(H,40,45)(H,43,44)(H,47,48)(H3,36,39,41,42,46)/b37-26+. The van der Waals surface area contributed by atoms with Crippen LogP contribution in [0.4, 0.5) is 5.95 Å². The number of aromatic nitrogens is 4. The predicted octanol–water partition coefficient (Wildman–Crippen LogP) is 3.55. The molecule has 2 atom stereocenters. The van der Waals surface area contributed by atoms with Gasteiger partial charge < -0.3 is 26.4 Å². The van der Waals surface area contributed by atoms with Crippen molar-refractivity contribution in [1.82, 2.24) is 25.3 Å². The summed E-state index contributed by atoms with van der Waals surface area (Å²) in [7, 11) is 0. The first kappa shape index (κ1) is 32.0. The summed E-state index contributed by atoms with van der Waals surface area (Å²) in [5.41, 5.74) is 14.1. The van der Waals surface area contributed by atoms with E-state index >= 15 is 0 Å². The first-order chi connectivity index (χ1) is 23.0. The Labute approximate surface area is 275 Å². The molecular formula is C35H33N7O6. The zero-order valence-electron chi connectivity index (χ0n) is 26.2. The maximum Gasteiger partial charge on any atom is 0.326 e. The van der Waals surface area contributed by atoms with Gasteiger partial charge in [0.15, 0.2) is 11.2 Å². The van der Waals surface area contributed by atoms with Crippen molar-refractivity contribution in [2.75, 3.05) is 5.73 Å². The largest absolute Gasteiger partial charge is 0.492 e. The Balaban J connectivity index is 1.42. The second-order valence-corrected chi connectivity index (χ2v) is 12.0. The number of carboxylic acids is 2. The number of aromatic hydroxyl groups is 1. The smallest absolute Gasteiger partial charge is 0.326 e. The van der Waals surface area contributed by atoms with E-state index in [1.165, 1.54) is 17.3 Å². The van der Waals surface area contributed by atoms with Gasteiger partial charge in [0.25, 0.3) is 5.91 Å². The number of aliphatic carboxylic acids is 2. The number of aliphatic imine (C=N–C) groups is 1. The van der Waals surface area contributed by atoms with Crippen molar-refractivity contribution < 1.29 is 29.7 Å². The Hall–Kier alpha value is -5.98. The van der Waals surface area contributed by atoms with Gasteiger partial charge in [-0.3, -0.25) is 14.6 Å². The number of amides is 1. The third-order valence-corrected chi connectivity index (χ3v) is 8.53. The van der Waals surface area contributed by atoms with Crippen molar-refractivity contribution in [1.29, 1.82) is 0 Å². The van der Waals surface area contributed by atoms with Gasteiger partial charge >= 0.3 is 11.9 Å². The highest BCUT2D eigenvalue weighted by molar-refractivity contribution is 6.07. The number of nitrogens with zero attached hydrogens (tertiary/aromatic N) is 5. The molecule has 2 heterocycles. The van der Waals surface area contributed by atoms with Crippen molar-refractivity contribution in [3.05, 3.63) is 105 Å². The second kappa shape index (κ2) is 13.0. The molecule has 2 unspecified atom stereocenters. The lowest BCUT2D eigenvalue weighted by Gasteiger charge is -2.35. The summed E-state index contributed by atoms with van der Waals surface area (Å²) in [4.78, 5) is 57.9. The summed E-state index contributed by atoms with van der Waals surface area (Å²) in [5, 5.41) is 31.3. The average Bonchev–Trinajstić information content (AvgIpc) is 3.03. The van der Waals surface area contributed by atoms with Crippen molar-refractivity contribution in [2.24, 2.45) is 10.9 Å². The number of nitrogen functional groups attached to an aromatic ring is 1. The van der Waals surface area contributed by atoms with Crippen molar-refractivity contribution in [2.45, 2.75) is 51.6 Å². The SMILES string of the molecule is Cc1ccc2c(c1)Cc1cc(C)ccc1C2C1C=C(C(=O)NC(CCC(=O)O)C(=O)O)C=C/C1=N\Cc1cnc2c(O)nc(N)nc2n1. The molecule has 2 aliphatic carbocycles. The third-order valence-electron chi connectivity index (χ3n) is 8.53. The molecule has 6 N–H and O–H groups in total. The molecule has 13 heteroatoms. The molecule has 6 rings (SSSR count). The van der Waals surface area contributed by atoms with E-state index in [0.29, 0.717) is 11.4 Å². The van der Waals surface area contributed by atoms with Crippen LogP contribution in [0.1, 0.15) is 57.8 Å². The number of carbonyl (C=O) groups excluding carboxylic acids is 1. The molecule has 48 heavy (non-hydrogen) atoms. The highest BCUT2D eigenvalue weighted by atomic mass is 16.4. The minimum absolute atomic E-state index is 0.101. The molecule has 0 bridgehead atoms. The zero-order valence-corrected chi connectivity index (χ0v) is 26.2. The van der Waals surface area contributed by atoms with E-state index in [1.807, 2.05) is 13.8 Å². The monoisotopic (exact) mass is 647 g/mol. The van der Waals surface area contributed by atoms with Crippen LogP contribution < -0.4 is 11.1 Å². The van der Waals surface area contributed by atoms with Crippen LogP contribution >= 0.6 is 0 Å². The fourth-order valence-electron chi connectivity index (χ4n) is 6.30. The molecule has 244 valence electrons. The lowest BCUT2D eigenvalue weighted by Crippen LogP contribution is -2.42. The lowest BCUT2D eigenvalue weighted by molar-refractivity contribution is -0.142. The predicted molar refractivity (Wildman–Crippen MR) is 177 cm³/mol. The molecule has 0 fully saturated rings. The molecule has 0 saturated carbocycles. The normalized spacial score (nSPS) is 17.0. The lowest BCUT2D eigenvalue weighted by atomic mass is 9.69. The van der Waals surface area contributed by atoms with Gasteiger partial charge in [-0.1, -0.05) is 53.6 Å². The molecule has 0 saturated heterocycles. The molecule has 2 aliphatic rings. The second-order valence-electron chi connectivity index (χ2n) is 12.0. The minimum Gasteiger partial charge on any atom is -0.492 e. The molecule has 1 amide bonds. The number of rotatable bonds is 9. The Morgan fingerprint density at radius 3 is 2.33 bits per heavy atom. The number of anilines is 1. The van der Waals surface area contributed by atoms with E-state index in [1.54, 1.807) is 18.2 Å². The number of benzene rings is 2.